The van der Waals surface area contributed by atoms with Gasteiger partial charge in [0.15, 0.2) is 5.96 Å². The van der Waals surface area contributed by atoms with Crippen molar-refractivity contribution in [3.8, 4) is 0 Å². The van der Waals surface area contributed by atoms with Crippen LogP contribution in [0.3, 0.4) is 0 Å². The number of hydrogen-bond acceptors (Lipinski definition) is 4. The van der Waals surface area contributed by atoms with E-state index in [0.29, 0.717) is 6.54 Å². The van der Waals surface area contributed by atoms with Crippen molar-refractivity contribution in [3.05, 3.63) is 47.9 Å². The topological polar surface area (TPSA) is 57.9 Å². The van der Waals surface area contributed by atoms with E-state index in [1.165, 1.54) is 11.3 Å². The summed E-state index contributed by atoms with van der Waals surface area (Å²) in [6.07, 6.45) is 3.93. The number of rotatable bonds is 5. The van der Waals surface area contributed by atoms with Gasteiger partial charge in [-0.15, -0.1) is 0 Å². The Bertz CT molecular complexity index is 735. The van der Waals surface area contributed by atoms with E-state index in [9.17, 15) is 0 Å². The Balaban J connectivity index is 1.59. The highest BCUT2D eigenvalue weighted by molar-refractivity contribution is 5.79. The van der Waals surface area contributed by atoms with Gasteiger partial charge in [0.25, 0.3) is 0 Å². The third kappa shape index (κ3) is 4.54. The molecule has 0 atom stereocenters. The van der Waals surface area contributed by atoms with Gasteiger partial charge in [0, 0.05) is 58.9 Å². The fraction of sp³-hybridized carbons (Fsp3) is 0.474. The molecule has 1 N–H and O–H groups in total. The summed E-state index contributed by atoms with van der Waals surface area (Å²) in [6.45, 7) is 4.83. The molecule has 140 valence electrons. The Kier molecular flexibility index (Phi) is 6.12. The highest BCUT2D eigenvalue weighted by Crippen LogP contribution is 2.14. The standard InChI is InChI=1S/C19H28N6O/c1-20-19(24(3)15-17-5-4-8-23(17)2)22-14-16-6-7-21-18(13-16)25-9-11-26-12-10-25/h4-8,13H,9-12,14-15H2,1-3H3,(H,20,22). The lowest BCUT2D eigenvalue weighted by molar-refractivity contribution is 0.122. The normalized spacial score (nSPS) is 15.2. The van der Waals surface area contributed by atoms with Crippen molar-refractivity contribution in [2.24, 2.45) is 12.0 Å². The van der Waals surface area contributed by atoms with E-state index >= 15 is 0 Å². The molecule has 7 nitrogen and oxygen atoms in total. The van der Waals surface area contributed by atoms with Crippen molar-refractivity contribution < 1.29 is 4.74 Å². The number of hydrogen-bond donors (Lipinski definition) is 1. The van der Waals surface area contributed by atoms with Crippen LogP contribution in [0.15, 0.2) is 41.7 Å². The molecule has 3 rings (SSSR count). The molecule has 0 bridgehead atoms. The molecule has 0 saturated carbocycles. The van der Waals surface area contributed by atoms with Crippen LogP contribution in [-0.2, 0) is 24.9 Å². The summed E-state index contributed by atoms with van der Waals surface area (Å²) in [5.41, 5.74) is 2.43. The molecule has 1 saturated heterocycles. The lowest BCUT2D eigenvalue weighted by atomic mass is 10.2. The van der Waals surface area contributed by atoms with Crippen LogP contribution in [0.4, 0.5) is 5.82 Å². The molecule has 0 aliphatic carbocycles. The summed E-state index contributed by atoms with van der Waals surface area (Å²) in [6, 6.07) is 8.37. The van der Waals surface area contributed by atoms with Crippen molar-refractivity contribution in [3.63, 3.8) is 0 Å². The number of nitrogens with one attached hydrogen (secondary N) is 1. The Morgan fingerprint density at radius 1 is 1.35 bits per heavy atom. The fourth-order valence-corrected chi connectivity index (χ4v) is 3.08. The molecule has 26 heavy (non-hydrogen) atoms. The van der Waals surface area contributed by atoms with Gasteiger partial charge in [0.05, 0.1) is 19.8 Å². The average molecular weight is 356 g/mol. The highest BCUT2D eigenvalue weighted by atomic mass is 16.5. The predicted octanol–water partition coefficient (Wildman–Crippen LogP) is 1.46. The van der Waals surface area contributed by atoms with Gasteiger partial charge < -0.3 is 24.4 Å². The van der Waals surface area contributed by atoms with Gasteiger partial charge in [-0.05, 0) is 29.8 Å². The van der Waals surface area contributed by atoms with Gasteiger partial charge in [-0.25, -0.2) is 4.98 Å². The lowest BCUT2D eigenvalue weighted by Gasteiger charge is -2.28. The van der Waals surface area contributed by atoms with Crippen molar-refractivity contribution in [2.45, 2.75) is 13.1 Å². The third-order valence-electron chi connectivity index (χ3n) is 4.62. The number of ether oxygens (including phenoxy) is 1. The Hall–Kier alpha value is -2.54. The van der Waals surface area contributed by atoms with E-state index in [-0.39, 0.29) is 0 Å². The van der Waals surface area contributed by atoms with Crippen molar-refractivity contribution >= 4 is 11.8 Å². The summed E-state index contributed by atoms with van der Waals surface area (Å²) in [7, 11) is 5.92. The quantitative estimate of drug-likeness (QED) is 0.649. The molecule has 2 aromatic heterocycles. The first-order valence-corrected chi connectivity index (χ1v) is 8.97. The van der Waals surface area contributed by atoms with Gasteiger partial charge in [0.1, 0.15) is 5.82 Å². The van der Waals surface area contributed by atoms with Crippen LogP contribution in [0.25, 0.3) is 0 Å². The Morgan fingerprint density at radius 3 is 2.85 bits per heavy atom. The highest BCUT2D eigenvalue weighted by Gasteiger charge is 2.13. The van der Waals surface area contributed by atoms with Gasteiger partial charge in [-0.3, -0.25) is 4.99 Å². The van der Waals surface area contributed by atoms with Crippen LogP contribution in [0.1, 0.15) is 11.3 Å². The largest absolute Gasteiger partial charge is 0.378 e. The summed E-state index contributed by atoms with van der Waals surface area (Å²) in [5, 5.41) is 3.44. The zero-order valence-corrected chi connectivity index (χ0v) is 15.9. The molecular formula is C19H28N6O. The molecule has 7 heteroatoms. The first-order chi connectivity index (χ1) is 12.7. The monoisotopic (exact) mass is 356 g/mol. The SMILES string of the molecule is CN=C(NCc1ccnc(N2CCOCC2)c1)N(C)Cc1cccn1C. The second-order valence-electron chi connectivity index (χ2n) is 6.49. The number of guanidine groups is 1. The molecule has 0 amide bonds. The lowest BCUT2D eigenvalue weighted by Crippen LogP contribution is -2.38. The summed E-state index contributed by atoms with van der Waals surface area (Å²) in [5.74, 6) is 1.88. The summed E-state index contributed by atoms with van der Waals surface area (Å²) < 4.78 is 7.54. The maximum atomic E-state index is 5.42. The average Bonchev–Trinajstić information content (AvgIpc) is 3.08. The van der Waals surface area contributed by atoms with Crippen LogP contribution < -0.4 is 10.2 Å². The number of morpholine rings is 1. The number of aromatic nitrogens is 2. The first-order valence-electron chi connectivity index (χ1n) is 8.97. The first kappa shape index (κ1) is 18.3. The van der Waals surface area contributed by atoms with Gasteiger partial charge in [0.2, 0.25) is 0 Å². The van der Waals surface area contributed by atoms with Crippen molar-refractivity contribution in [1.82, 2.24) is 19.8 Å². The molecule has 0 aromatic carbocycles. The van der Waals surface area contributed by atoms with E-state index in [4.69, 9.17) is 4.74 Å². The number of nitrogens with zero attached hydrogens (tertiary/aromatic N) is 5. The van der Waals surface area contributed by atoms with Crippen LogP contribution in [0.5, 0.6) is 0 Å². The maximum Gasteiger partial charge on any atom is 0.194 e. The number of pyridine rings is 1. The van der Waals surface area contributed by atoms with Crippen LogP contribution >= 0.6 is 0 Å². The maximum absolute atomic E-state index is 5.42. The molecule has 1 aliphatic rings. The smallest absolute Gasteiger partial charge is 0.194 e. The molecule has 3 heterocycles. The van der Waals surface area contributed by atoms with Gasteiger partial charge in [-0.1, -0.05) is 0 Å². The minimum atomic E-state index is 0.712. The molecule has 2 aromatic rings. The molecule has 0 spiro atoms. The number of aryl methyl sites for hydroxylation is 1. The molecule has 1 fully saturated rings. The zero-order chi connectivity index (χ0) is 18.4. The molecular weight excluding hydrogens is 328 g/mol. The van der Waals surface area contributed by atoms with E-state index < -0.39 is 0 Å². The summed E-state index contributed by atoms with van der Waals surface area (Å²) in [4.78, 5) is 13.3. The molecule has 0 radical (unpaired) electrons. The zero-order valence-electron chi connectivity index (χ0n) is 15.9. The minimum Gasteiger partial charge on any atom is -0.378 e. The number of aliphatic imine (C=N–C) groups is 1. The van der Waals surface area contributed by atoms with Gasteiger partial charge >= 0.3 is 0 Å². The second kappa shape index (κ2) is 8.71. The Labute approximate surface area is 155 Å². The predicted molar refractivity (Wildman–Crippen MR) is 104 cm³/mol. The summed E-state index contributed by atoms with van der Waals surface area (Å²) >= 11 is 0. The van der Waals surface area contributed by atoms with Gasteiger partial charge in [-0.2, -0.15) is 0 Å². The molecule has 1 aliphatic heterocycles. The second-order valence-corrected chi connectivity index (χ2v) is 6.49. The van der Waals surface area contributed by atoms with E-state index in [1.807, 2.05) is 26.4 Å². The van der Waals surface area contributed by atoms with E-state index in [1.54, 1.807) is 0 Å². The minimum absolute atomic E-state index is 0.712. The van der Waals surface area contributed by atoms with E-state index in [0.717, 1.165) is 44.6 Å². The van der Waals surface area contributed by atoms with E-state index in [2.05, 4.69) is 61.1 Å². The number of anilines is 1. The molecule has 0 unspecified atom stereocenters. The van der Waals surface area contributed by atoms with Crippen LogP contribution in [-0.4, -0.2) is 60.8 Å². The van der Waals surface area contributed by atoms with Crippen LogP contribution in [0, 0.1) is 0 Å². The van der Waals surface area contributed by atoms with Crippen molar-refractivity contribution in [1.29, 1.82) is 0 Å². The Morgan fingerprint density at radius 2 is 2.15 bits per heavy atom. The van der Waals surface area contributed by atoms with Crippen LogP contribution in [0.2, 0.25) is 0 Å². The van der Waals surface area contributed by atoms with Crippen molar-refractivity contribution in [2.75, 3.05) is 45.3 Å². The fourth-order valence-electron chi connectivity index (χ4n) is 3.08. The third-order valence-corrected chi connectivity index (χ3v) is 4.62.